The van der Waals surface area contributed by atoms with Gasteiger partial charge in [0.1, 0.15) is 0 Å². The van der Waals surface area contributed by atoms with E-state index in [1.165, 1.54) is 4.31 Å². The molecule has 0 spiro atoms. The van der Waals surface area contributed by atoms with Crippen molar-refractivity contribution in [2.75, 3.05) is 26.0 Å². The third kappa shape index (κ3) is 3.65. The average molecular weight is 307 g/mol. The summed E-state index contributed by atoms with van der Waals surface area (Å²) in [6, 6.07) is -0.0946. The summed E-state index contributed by atoms with van der Waals surface area (Å²) in [4.78, 5) is 3.98. The average Bonchev–Trinajstić information content (AvgIpc) is 2.69. The predicted molar refractivity (Wildman–Crippen MR) is 76.8 cm³/mol. The Balaban J connectivity index is 3.15. The molecule has 0 aromatic carbocycles. The van der Waals surface area contributed by atoms with Crippen LogP contribution in [0, 0.1) is 6.92 Å². The standard InChI is InChI=1S/C11H21N3O3S2/c1-5-8(2)14(6-7-17-4)19(15,16)10-9(3)13-11(12)18-10/h8H,5-7H2,1-4H3,(H2,12,13). The fourth-order valence-corrected chi connectivity index (χ4v) is 4.81. The third-order valence-corrected chi connectivity index (χ3v) is 6.50. The molecule has 0 aliphatic carbocycles. The van der Waals surface area contributed by atoms with E-state index in [4.69, 9.17) is 10.5 Å². The van der Waals surface area contributed by atoms with Crippen molar-refractivity contribution in [3.63, 3.8) is 0 Å². The van der Waals surface area contributed by atoms with Gasteiger partial charge in [0.2, 0.25) is 0 Å². The minimum absolute atomic E-state index is 0.0946. The minimum Gasteiger partial charge on any atom is -0.383 e. The fraction of sp³-hybridized carbons (Fsp3) is 0.727. The number of rotatable bonds is 7. The first kappa shape index (κ1) is 16.4. The molecule has 0 bridgehead atoms. The van der Waals surface area contributed by atoms with Gasteiger partial charge in [0.05, 0.1) is 12.3 Å². The Morgan fingerprint density at radius 2 is 2.16 bits per heavy atom. The lowest BCUT2D eigenvalue weighted by Crippen LogP contribution is -2.40. The van der Waals surface area contributed by atoms with Crippen molar-refractivity contribution in [1.29, 1.82) is 0 Å². The lowest BCUT2D eigenvalue weighted by Gasteiger charge is -2.26. The topological polar surface area (TPSA) is 85.5 Å². The summed E-state index contributed by atoms with van der Waals surface area (Å²) in [7, 11) is -2.01. The first-order valence-electron chi connectivity index (χ1n) is 6.08. The number of nitrogens with two attached hydrogens (primary N) is 1. The molecule has 0 fully saturated rings. The van der Waals surface area contributed by atoms with Gasteiger partial charge in [-0.05, 0) is 20.3 Å². The molecule has 1 aromatic rings. The van der Waals surface area contributed by atoms with Gasteiger partial charge in [0.25, 0.3) is 10.0 Å². The zero-order chi connectivity index (χ0) is 14.6. The summed E-state index contributed by atoms with van der Waals surface area (Å²) >= 11 is 1.01. The maximum atomic E-state index is 12.7. The van der Waals surface area contributed by atoms with E-state index in [1.54, 1.807) is 14.0 Å². The van der Waals surface area contributed by atoms with E-state index < -0.39 is 10.0 Å². The van der Waals surface area contributed by atoms with Crippen LogP contribution in [0.5, 0.6) is 0 Å². The van der Waals surface area contributed by atoms with Gasteiger partial charge in [-0.2, -0.15) is 4.31 Å². The number of nitrogen functional groups attached to an aromatic ring is 1. The molecular formula is C11H21N3O3S2. The molecule has 1 aromatic heterocycles. The van der Waals surface area contributed by atoms with E-state index in [9.17, 15) is 8.42 Å². The van der Waals surface area contributed by atoms with Gasteiger partial charge in [-0.25, -0.2) is 13.4 Å². The molecule has 0 amide bonds. The monoisotopic (exact) mass is 307 g/mol. The number of methoxy groups -OCH3 is 1. The van der Waals surface area contributed by atoms with Gasteiger partial charge in [0.15, 0.2) is 9.34 Å². The Morgan fingerprint density at radius 3 is 2.58 bits per heavy atom. The van der Waals surface area contributed by atoms with Crippen LogP contribution in [0.15, 0.2) is 4.21 Å². The number of sulfonamides is 1. The normalized spacial score (nSPS) is 13.9. The Kier molecular flexibility index (Phi) is 5.72. The van der Waals surface area contributed by atoms with Crippen LogP contribution in [-0.2, 0) is 14.8 Å². The lowest BCUT2D eigenvalue weighted by atomic mass is 10.3. The van der Waals surface area contributed by atoms with E-state index in [1.807, 2.05) is 13.8 Å². The lowest BCUT2D eigenvalue weighted by molar-refractivity contribution is 0.167. The second-order valence-electron chi connectivity index (χ2n) is 4.29. The van der Waals surface area contributed by atoms with Crippen LogP contribution >= 0.6 is 11.3 Å². The van der Waals surface area contributed by atoms with Crippen molar-refractivity contribution in [3.05, 3.63) is 5.69 Å². The van der Waals surface area contributed by atoms with Crippen LogP contribution < -0.4 is 5.73 Å². The highest BCUT2D eigenvalue weighted by atomic mass is 32.2. The molecule has 0 radical (unpaired) electrons. The number of hydrogen-bond acceptors (Lipinski definition) is 6. The van der Waals surface area contributed by atoms with Gasteiger partial charge < -0.3 is 10.5 Å². The SMILES string of the molecule is CCC(C)N(CCOC)S(=O)(=O)c1sc(N)nc1C. The molecular weight excluding hydrogens is 286 g/mol. The zero-order valence-corrected chi connectivity index (χ0v) is 13.3. The third-order valence-electron chi connectivity index (χ3n) is 2.91. The van der Waals surface area contributed by atoms with Crippen molar-refractivity contribution in [2.24, 2.45) is 0 Å². The molecule has 0 saturated heterocycles. The summed E-state index contributed by atoms with van der Waals surface area (Å²) in [6.07, 6.45) is 0.732. The maximum Gasteiger partial charge on any atom is 0.254 e. The first-order chi connectivity index (χ1) is 8.84. The number of thiazole rings is 1. The predicted octanol–water partition coefficient (Wildman–Crippen LogP) is 1.47. The minimum atomic E-state index is -3.57. The number of ether oxygens (including phenoxy) is 1. The molecule has 1 atom stereocenters. The van der Waals surface area contributed by atoms with Gasteiger partial charge in [0, 0.05) is 19.7 Å². The summed E-state index contributed by atoms with van der Waals surface area (Å²) in [5.41, 5.74) is 6.04. The molecule has 8 heteroatoms. The molecule has 1 unspecified atom stereocenters. The second-order valence-corrected chi connectivity index (χ2v) is 7.41. The summed E-state index contributed by atoms with van der Waals surface area (Å²) < 4.78 is 32.0. The maximum absolute atomic E-state index is 12.7. The summed E-state index contributed by atoms with van der Waals surface area (Å²) in [6.45, 7) is 6.17. The van der Waals surface area contributed by atoms with Gasteiger partial charge >= 0.3 is 0 Å². The van der Waals surface area contributed by atoms with Crippen LogP contribution in [-0.4, -0.2) is 44.0 Å². The fourth-order valence-electron chi connectivity index (χ4n) is 1.71. The highest BCUT2D eigenvalue weighted by Gasteiger charge is 2.31. The Bertz CT molecular complexity index is 513. The molecule has 1 heterocycles. The van der Waals surface area contributed by atoms with E-state index in [-0.39, 0.29) is 15.4 Å². The van der Waals surface area contributed by atoms with Crippen LogP contribution in [0.1, 0.15) is 26.0 Å². The van der Waals surface area contributed by atoms with Crippen molar-refractivity contribution in [1.82, 2.24) is 9.29 Å². The Morgan fingerprint density at radius 1 is 1.53 bits per heavy atom. The smallest absolute Gasteiger partial charge is 0.254 e. The van der Waals surface area contributed by atoms with Gasteiger partial charge in [-0.1, -0.05) is 18.3 Å². The molecule has 6 nitrogen and oxygen atoms in total. The Labute approximate surface area is 118 Å². The molecule has 19 heavy (non-hydrogen) atoms. The molecule has 110 valence electrons. The van der Waals surface area contributed by atoms with E-state index in [0.29, 0.717) is 18.8 Å². The number of nitrogens with zero attached hydrogens (tertiary/aromatic N) is 2. The highest BCUT2D eigenvalue weighted by Crippen LogP contribution is 2.29. The summed E-state index contributed by atoms with van der Waals surface area (Å²) in [5.74, 6) is 0. The quantitative estimate of drug-likeness (QED) is 0.824. The highest BCUT2D eigenvalue weighted by molar-refractivity contribution is 7.91. The van der Waals surface area contributed by atoms with Crippen molar-refractivity contribution in [2.45, 2.75) is 37.4 Å². The number of aryl methyl sites for hydroxylation is 1. The number of hydrogen-bond donors (Lipinski definition) is 1. The van der Waals surface area contributed by atoms with Crippen LogP contribution in [0.4, 0.5) is 5.13 Å². The molecule has 1 rings (SSSR count). The van der Waals surface area contributed by atoms with Crippen LogP contribution in [0.25, 0.3) is 0 Å². The van der Waals surface area contributed by atoms with Crippen molar-refractivity contribution >= 4 is 26.5 Å². The number of anilines is 1. The van der Waals surface area contributed by atoms with E-state index in [0.717, 1.165) is 17.8 Å². The van der Waals surface area contributed by atoms with Crippen LogP contribution in [0.3, 0.4) is 0 Å². The second kappa shape index (κ2) is 6.65. The largest absolute Gasteiger partial charge is 0.383 e. The van der Waals surface area contributed by atoms with Gasteiger partial charge in [-0.3, -0.25) is 0 Å². The summed E-state index contributed by atoms with van der Waals surface area (Å²) in [5, 5.41) is 0.270. The Hall–Kier alpha value is -0.700. The van der Waals surface area contributed by atoms with Crippen molar-refractivity contribution in [3.8, 4) is 0 Å². The zero-order valence-electron chi connectivity index (χ0n) is 11.7. The van der Waals surface area contributed by atoms with Gasteiger partial charge in [-0.15, -0.1) is 0 Å². The molecule has 0 saturated carbocycles. The van der Waals surface area contributed by atoms with E-state index >= 15 is 0 Å². The van der Waals surface area contributed by atoms with Crippen molar-refractivity contribution < 1.29 is 13.2 Å². The molecule has 2 N–H and O–H groups in total. The van der Waals surface area contributed by atoms with E-state index in [2.05, 4.69) is 4.98 Å². The van der Waals surface area contributed by atoms with Crippen LogP contribution in [0.2, 0.25) is 0 Å². The molecule has 0 aliphatic heterocycles. The molecule has 0 aliphatic rings. The first-order valence-corrected chi connectivity index (χ1v) is 8.33. The number of aromatic nitrogens is 1.